The summed E-state index contributed by atoms with van der Waals surface area (Å²) in [5, 5.41) is 0.531. The lowest BCUT2D eigenvalue weighted by Crippen LogP contribution is -2.04. The maximum atomic E-state index is 12.0. The molecule has 0 N–H and O–H groups in total. The van der Waals surface area contributed by atoms with E-state index in [1.807, 2.05) is 31.5 Å². The Balaban J connectivity index is 2.07. The van der Waals surface area contributed by atoms with E-state index in [1.165, 1.54) is 18.0 Å². The molecule has 0 saturated carbocycles. The zero-order valence-electron chi connectivity index (χ0n) is 10.1. The van der Waals surface area contributed by atoms with Gasteiger partial charge in [-0.25, -0.2) is 4.98 Å². The van der Waals surface area contributed by atoms with Gasteiger partial charge in [-0.3, -0.25) is 4.79 Å². The molecule has 0 aliphatic rings. The third-order valence-electron chi connectivity index (χ3n) is 2.81. The predicted molar refractivity (Wildman–Crippen MR) is 66.4 cm³/mol. The van der Waals surface area contributed by atoms with E-state index in [0.29, 0.717) is 11.0 Å². The van der Waals surface area contributed by atoms with Crippen LogP contribution in [0.15, 0.2) is 28.2 Å². The fourth-order valence-electron chi connectivity index (χ4n) is 1.62. The van der Waals surface area contributed by atoms with E-state index in [2.05, 4.69) is 4.98 Å². The Morgan fingerprint density at radius 1 is 1.53 bits per heavy atom. The van der Waals surface area contributed by atoms with Gasteiger partial charge in [0.2, 0.25) is 0 Å². The second-order valence-corrected chi connectivity index (χ2v) is 4.78. The summed E-state index contributed by atoms with van der Waals surface area (Å²) in [6.07, 6.45) is 3.08. The van der Waals surface area contributed by atoms with Crippen molar-refractivity contribution in [3.8, 4) is 0 Å². The Labute approximate surface area is 104 Å². The number of aromatic nitrogens is 2. The highest BCUT2D eigenvalue weighted by atomic mass is 32.2. The summed E-state index contributed by atoms with van der Waals surface area (Å²) in [6, 6.07) is 1.92. The van der Waals surface area contributed by atoms with E-state index >= 15 is 0 Å². The molecule has 0 saturated heterocycles. The Kier molecular flexibility index (Phi) is 3.38. The third-order valence-corrected chi connectivity index (χ3v) is 3.67. The first kappa shape index (κ1) is 12.0. The van der Waals surface area contributed by atoms with Gasteiger partial charge in [-0.2, -0.15) is 0 Å². The number of aryl methyl sites for hydroxylation is 1. The van der Waals surface area contributed by atoms with Crippen molar-refractivity contribution >= 4 is 17.5 Å². The van der Waals surface area contributed by atoms with E-state index in [9.17, 15) is 4.79 Å². The van der Waals surface area contributed by atoms with Gasteiger partial charge in [0, 0.05) is 24.0 Å². The van der Waals surface area contributed by atoms with Gasteiger partial charge in [-0.1, -0.05) is 11.8 Å². The van der Waals surface area contributed by atoms with Crippen LogP contribution in [0.25, 0.3) is 0 Å². The average molecular weight is 250 g/mol. The molecule has 4 nitrogen and oxygen atoms in total. The van der Waals surface area contributed by atoms with Crippen LogP contribution in [0.4, 0.5) is 0 Å². The van der Waals surface area contributed by atoms with Crippen molar-refractivity contribution in [3.05, 3.63) is 35.5 Å². The average Bonchev–Trinajstić information content (AvgIpc) is 2.91. The van der Waals surface area contributed by atoms with Gasteiger partial charge in [0.05, 0.1) is 11.9 Å². The molecule has 2 aromatic rings. The largest absolute Gasteiger partial charge is 0.440 e. The van der Waals surface area contributed by atoms with Crippen molar-refractivity contribution in [1.82, 2.24) is 9.55 Å². The van der Waals surface area contributed by atoms with Crippen LogP contribution in [0.5, 0.6) is 0 Å². The van der Waals surface area contributed by atoms with Crippen LogP contribution >= 0.6 is 11.8 Å². The molecule has 0 spiro atoms. The van der Waals surface area contributed by atoms with E-state index in [4.69, 9.17) is 4.42 Å². The second kappa shape index (κ2) is 4.79. The summed E-state index contributed by atoms with van der Waals surface area (Å²) in [5.41, 5.74) is 2.87. The fourth-order valence-corrected chi connectivity index (χ4v) is 2.29. The molecule has 0 aliphatic heterocycles. The minimum absolute atomic E-state index is 0.106. The lowest BCUT2D eigenvalue weighted by molar-refractivity contribution is 0.102. The molecule has 0 aromatic carbocycles. The van der Waals surface area contributed by atoms with Crippen molar-refractivity contribution in [2.75, 3.05) is 5.75 Å². The van der Waals surface area contributed by atoms with Crippen molar-refractivity contribution in [3.63, 3.8) is 0 Å². The smallest absolute Gasteiger partial charge is 0.255 e. The van der Waals surface area contributed by atoms with Gasteiger partial charge in [0.25, 0.3) is 5.22 Å². The molecule has 2 aromatic heterocycles. The van der Waals surface area contributed by atoms with Gasteiger partial charge < -0.3 is 8.98 Å². The quantitative estimate of drug-likeness (QED) is 0.618. The van der Waals surface area contributed by atoms with Crippen molar-refractivity contribution in [2.24, 2.45) is 7.05 Å². The van der Waals surface area contributed by atoms with Crippen molar-refractivity contribution < 1.29 is 9.21 Å². The predicted octanol–water partition coefficient (Wildman–Crippen LogP) is 2.60. The molecule has 0 bridgehead atoms. The van der Waals surface area contributed by atoms with Crippen molar-refractivity contribution in [1.29, 1.82) is 0 Å². The van der Waals surface area contributed by atoms with Crippen LogP contribution in [-0.4, -0.2) is 21.1 Å². The molecular weight excluding hydrogens is 236 g/mol. The monoisotopic (exact) mass is 250 g/mol. The normalized spacial score (nSPS) is 10.8. The van der Waals surface area contributed by atoms with E-state index in [0.717, 1.165) is 17.0 Å². The summed E-state index contributed by atoms with van der Waals surface area (Å²) in [6.45, 7) is 3.95. The molecular formula is C12H14N2O2S. The molecule has 0 unspecified atom stereocenters. The number of carbonyl (C=O) groups is 1. The highest BCUT2D eigenvalue weighted by Crippen LogP contribution is 2.19. The van der Waals surface area contributed by atoms with Gasteiger partial charge >= 0.3 is 0 Å². The summed E-state index contributed by atoms with van der Waals surface area (Å²) < 4.78 is 7.09. The van der Waals surface area contributed by atoms with E-state index < -0.39 is 0 Å². The highest BCUT2D eigenvalue weighted by molar-refractivity contribution is 7.99. The number of ketones is 1. The van der Waals surface area contributed by atoms with Crippen LogP contribution < -0.4 is 0 Å². The molecule has 0 atom stereocenters. The van der Waals surface area contributed by atoms with Gasteiger partial charge in [-0.05, 0) is 19.9 Å². The molecule has 5 heteroatoms. The number of hydrogen-bond donors (Lipinski definition) is 0. The molecule has 0 radical (unpaired) electrons. The molecule has 0 amide bonds. The lowest BCUT2D eigenvalue weighted by atomic mass is 10.2. The molecule has 2 heterocycles. The Morgan fingerprint density at radius 2 is 2.29 bits per heavy atom. The highest BCUT2D eigenvalue weighted by Gasteiger charge is 2.14. The van der Waals surface area contributed by atoms with Gasteiger partial charge in [0.15, 0.2) is 5.78 Å². The third kappa shape index (κ3) is 2.44. The lowest BCUT2D eigenvalue weighted by Gasteiger charge is -2.01. The number of oxazole rings is 1. The second-order valence-electron chi connectivity index (χ2n) is 3.85. The summed E-state index contributed by atoms with van der Waals surface area (Å²) in [4.78, 5) is 16.0. The van der Waals surface area contributed by atoms with E-state index in [1.54, 1.807) is 6.20 Å². The number of thioether (sulfide) groups is 1. The van der Waals surface area contributed by atoms with Crippen LogP contribution in [0.3, 0.4) is 0 Å². The van der Waals surface area contributed by atoms with Crippen molar-refractivity contribution in [2.45, 2.75) is 19.1 Å². The number of nitrogens with zero attached hydrogens (tertiary/aromatic N) is 2. The summed E-state index contributed by atoms with van der Waals surface area (Å²) in [7, 11) is 1.96. The van der Waals surface area contributed by atoms with Gasteiger partial charge in [-0.15, -0.1) is 0 Å². The van der Waals surface area contributed by atoms with Crippen LogP contribution in [0.2, 0.25) is 0 Å². The molecule has 17 heavy (non-hydrogen) atoms. The standard InChI is InChI=1S/C12H14N2O2S/c1-8-6-10(9(2)14(8)3)11(15)7-17-12-13-4-5-16-12/h4-6H,7H2,1-3H3. The zero-order valence-corrected chi connectivity index (χ0v) is 10.9. The maximum absolute atomic E-state index is 12.0. The summed E-state index contributed by atoms with van der Waals surface area (Å²) in [5.74, 6) is 0.458. The SMILES string of the molecule is Cc1cc(C(=O)CSc2ncco2)c(C)n1C. The van der Waals surface area contributed by atoms with Crippen LogP contribution in [-0.2, 0) is 7.05 Å². The first-order valence-corrected chi connectivity index (χ1v) is 6.26. The Morgan fingerprint density at radius 3 is 2.82 bits per heavy atom. The topological polar surface area (TPSA) is 48.0 Å². The Hall–Kier alpha value is -1.49. The zero-order chi connectivity index (χ0) is 12.4. The summed E-state index contributed by atoms with van der Waals surface area (Å²) >= 11 is 1.32. The fraction of sp³-hybridized carbons (Fsp3) is 0.333. The number of rotatable bonds is 4. The molecule has 90 valence electrons. The molecule has 0 fully saturated rings. The van der Waals surface area contributed by atoms with Crippen LogP contribution in [0.1, 0.15) is 21.7 Å². The first-order valence-electron chi connectivity index (χ1n) is 5.28. The molecule has 2 rings (SSSR count). The van der Waals surface area contributed by atoms with Crippen LogP contribution in [0, 0.1) is 13.8 Å². The van der Waals surface area contributed by atoms with E-state index in [-0.39, 0.29) is 5.78 Å². The number of Topliss-reactive ketones (excluding diaryl/α,β-unsaturated/α-hetero) is 1. The number of carbonyl (C=O) groups excluding carboxylic acids is 1. The minimum Gasteiger partial charge on any atom is -0.440 e. The maximum Gasteiger partial charge on any atom is 0.255 e. The number of hydrogen-bond acceptors (Lipinski definition) is 4. The molecule has 0 aliphatic carbocycles. The first-order chi connectivity index (χ1) is 8.09. The minimum atomic E-state index is 0.106. The Bertz CT molecular complexity index is 529. The van der Waals surface area contributed by atoms with Gasteiger partial charge in [0.1, 0.15) is 6.26 Å².